The molecule has 0 aliphatic heterocycles. The molecule has 1 aromatic carbocycles. The summed E-state index contributed by atoms with van der Waals surface area (Å²) in [6.45, 7) is 5.26. The summed E-state index contributed by atoms with van der Waals surface area (Å²) in [7, 11) is 2.92. The van der Waals surface area contributed by atoms with Crippen LogP contribution in [0.25, 0.3) is 5.76 Å². The number of carbonyl (C=O) groups is 3. The van der Waals surface area contributed by atoms with Gasteiger partial charge >= 0.3 is 0 Å². The van der Waals surface area contributed by atoms with Crippen molar-refractivity contribution in [2.45, 2.75) is 49.9 Å². The molecule has 0 spiro atoms. The maximum Gasteiger partial charge on any atom is 0.255 e. The van der Waals surface area contributed by atoms with Crippen LogP contribution in [0.5, 0.6) is 5.75 Å². The number of hydrogen-bond donors (Lipinski definition) is 6. The van der Waals surface area contributed by atoms with Gasteiger partial charge in [0.2, 0.25) is 5.78 Å². The van der Waals surface area contributed by atoms with E-state index in [4.69, 9.17) is 17.3 Å². The fourth-order valence-electron chi connectivity index (χ4n) is 6.23. The summed E-state index contributed by atoms with van der Waals surface area (Å²) < 4.78 is 0. The van der Waals surface area contributed by atoms with Crippen LogP contribution in [0.15, 0.2) is 29.0 Å². The van der Waals surface area contributed by atoms with Crippen molar-refractivity contribution in [1.82, 2.24) is 4.90 Å². The van der Waals surface area contributed by atoms with Crippen LogP contribution in [-0.4, -0.2) is 85.6 Å². The summed E-state index contributed by atoms with van der Waals surface area (Å²) in [6, 6.07) is 1.95. The lowest BCUT2D eigenvalue weighted by molar-refractivity contribution is -0.169. The quantitative estimate of drug-likeness (QED) is 0.242. The van der Waals surface area contributed by atoms with E-state index >= 15 is 0 Å². The van der Waals surface area contributed by atoms with E-state index in [1.165, 1.54) is 19.0 Å². The fourth-order valence-corrected chi connectivity index (χ4v) is 6.38. The lowest BCUT2D eigenvalue weighted by Crippen LogP contribution is -2.70. The summed E-state index contributed by atoms with van der Waals surface area (Å²) in [5.74, 6) is -8.95. The van der Waals surface area contributed by atoms with Gasteiger partial charge in [-0.1, -0.05) is 32.9 Å². The Morgan fingerprint density at radius 1 is 1.19 bits per heavy atom. The lowest BCUT2D eigenvalue weighted by Gasteiger charge is -2.53. The highest BCUT2D eigenvalue weighted by Gasteiger charge is 2.68. The summed E-state index contributed by atoms with van der Waals surface area (Å²) in [4.78, 5) is 40.6. The molecule has 0 heterocycles. The van der Waals surface area contributed by atoms with Gasteiger partial charge in [-0.05, 0) is 25.6 Å². The van der Waals surface area contributed by atoms with E-state index in [-0.39, 0.29) is 17.2 Å². The number of benzene rings is 1. The molecule has 0 unspecified atom stereocenters. The van der Waals surface area contributed by atoms with Crippen molar-refractivity contribution in [2.24, 2.45) is 17.6 Å². The number of phenolic OH excluding ortho intramolecular Hbond substituents is 1. The zero-order chi connectivity index (χ0) is 27.9. The smallest absolute Gasteiger partial charge is 0.255 e. The molecular weight excluding hydrogens is 504 g/mol. The fraction of sp³-hybridized carbons (Fsp3) is 0.500. The molecule has 0 bridgehead atoms. The second-order valence-electron chi connectivity index (χ2n) is 11.0. The average molecular weight is 535 g/mol. The van der Waals surface area contributed by atoms with Gasteiger partial charge in [-0.25, -0.2) is 0 Å². The van der Waals surface area contributed by atoms with Gasteiger partial charge in [0, 0.05) is 28.3 Å². The summed E-state index contributed by atoms with van der Waals surface area (Å²) in [6.07, 6.45) is -1.63. The van der Waals surface area contributed by atoms with Crippen LogP contribution in [0.1, 0.15) is 43.4 Å². The standard InChI is InChI=1S/C26H31ClN2O8/c1-9-10-6-7-11(25(2,3)8-27)18(30)13(10)19(31)14-12(9)20(32)16-17(29(4)5)21(33)15(24(28)36)23(35)26(16,37)22(14)34/h6-7,9,12,16-17,20,30-32,35,37H,8H2,1-5H3,(H2,28,36)/t9-,12+,16+,17-,20-,26-/m0/s1. The van der Waals surface area contributed by atoms with Gasteiger partial charge in [0.1, 0.15) is 22.8 Å². The van der Waals surface area contributed by atoms with Crippen molar-refractivity contribution in [1.29, 1.82) is 0 Å². The minimum absolute atomic E-state index is 0.0494. The first kappa shape index (κ1) is 27.1. The van der Waals surface area contributed by atoms with Crippen LogP contribution in [0.2, 0.25) is 0 Å². The number of fused-ring (bicyclic) bond motifs is 3. The SMILES string of the molecule is C[C@H]1c2ccc(C(C)(C)CCl)c(O)c2C(O)=C2C(=O)[C@]3(O)C(O)=C(C(N)=O)C(=O)[C@@H](N(C)C)[C@@H]3[C@@H](O)[C@@H]21. The van der Waals surface area contributed by atoms with E-state index in [2.05, 4.69) is 0 Å². The Morgan fingerprint density at radius 3 is 2.30 bits per heavy atom. The van der Waals surface area contributed by atoms with Crippen molar-refractivity contribution >= 4 is 34.8 Å². The predicted octanol–water partition coefficient (Wildman–Crippen LogP) is 1.01. The first-order chi connectivity index (χ1) is 17.0. The number of carbonyl (C=O) groups excluding carboxylic acids is 3. The summed E-state index contributed by atoms with van der Waals surface area (Å²) in [5.41, 5.74) is 1.11. The van der Waals surface area contributed by atoms with Crippen molar-refractivity contribution in [3.8, 4) is 5.75 Å². The third kappa shape index (κ3) is 3.39. The topological polar surface area (TPSA) is 182 Å². The molecule has 3 aliphatic carbocycles. The number of halogens is 1. The van der Waals surface area contributed by atoms with Crippen LogP contribution in [-0.2, 0) is 19.8 Å². The van der Waals surface area contributed by atoms with Gasteiger partial charge in [-0.15, -0.1) is 11.6 Å². The van der Waals surface area contributed by atoms with E-state index < -0.39 is 81.1 Å². The number of hydrogen-bond acceptors (Lipinski definition) is 9. The molecule has 1 saturated carbocycles. The molecule has 200 valence electrons. The van der Waals surface area contributed by atoms with Crippen molar-refractivity contribution in [2.75, 3.05) is 20.0 Å². The second kappa shape index (κ2) is 8.56. The number of likely N-dealkylation sites (N-methyl/N-ethyl adjacent to an activating group) is 1. The van der Waals surface area contributed by atoms with Gasteiger partial charge in [0.05, 0.1) is 23.6 Å². The number of aliphatic hydroxyl groups excluding tert-OH is 3. The molecule has 1 fully saturated rings. The monoisotopic (exact) mass is 534 g/mol. The predicted molar refractivity (Wildman–Crippen MR) is 134 cm³/mol. The molecule has 11 heteroatoms. The Balaban J connectivity index is 2.05. The number of alkyl halides is 1. The second-order valence-corrected chi connectivity index (χ2v) is 11.3. The first-order valence-corrected chi connectivity index (χ1v) is 12.3. The molecule has 1 amide bonds. The first-order valence-electron chi connectivity index (χ1n) is 11.8. The zero-order valence-electron chi connectivity index (χ0n) is 21.1. The van der Waals surface area contributed by atoms with E-state index in [1.54, 1.807) is 32.9 Å². The number of primary amides is 1. The molecule has 7 N–H and O–H groups in total. The van der Waals surface area contributed by atoms with Crippen LogP contribution in [0, 0.1) is 11.8 Å². The van der Waals surface area contributed by atoms with E-state index in [0.29, 0.717) is 11.1 Å². The number of amides is 1. The Labute approximate surface area is 218 Å². The molecule has 1 aromatic rings. The molecule has 4 rings (SSSR count). The number of rotatable bonds is 4. The molecule has 6 atom stereocenters. The van der Waals surface area contributed by atoms with E-state index in [0.717, 1.165) is 0 Å². The molecule has 0 aromatic heterocycles. The van der Waals surface area contributed by atoms with Gasteiger partial charge in [0.15, 0.2) is 11.4 Å². The zero-order valence-corrected chi connectivity index (χ0v) is 21.9. The van der Waals surface area contributed by atoms with Crippen molar-refractivity contribution in [3.63, 3.8) is 0 Å². The number of ketones is 2. The summed E-state index contributed by atoms with van der Waals surface area (Å²) in [5, 5.41) is 56.8. The van der Waals surface area contributed by atoms with Gasteiger partial charge in [-0.3, -0.25) is 19.3 Å². The number of Topliss-reactive ketones (excluding diaryl/α,β-unsaturated/α-hetero) is 2. The van der Waals surface area contributed by atoms with Gasteiger partial charge < -0.3 is 31.3 Å². The highest BCUT2D eigenvalue weighted by atomic mass is 35.5. The lowest BCUT2D eigenvalue weighted by atomic mass is 9.54. The molecular formula is C26H31ClN2O8. The highest BCUT2D eigenvalue weighted by Crippen LogP contribution is 2.56. The van der Waals surface area contributed by atoms with Crippen LogP contribution in [0.3, 0.4) is 0 Å². The number of nitrogens with two attached hydrogens (primary N) is 1. The maximum atomic E-state index is 14.0. The molecule has 3 aliphatic rings. The maximum absolute atomic E-state index is 14.0. The minimum Gasteiger partial charge on any atom is -0.508 e. The Bertz CT molecular complexity index is 1300. The van der Waals surface area contributed by atoms with Gasteiger partial charge in [-0.2, -0.15) is 0 Å². The van der Waals surface area contributed by atoms with Crippen LogP contribution >= 0.6 is 11.6 Å². The minimum atomic E-state index is -2.94. The summed E-state index contributed by atoms with van der Waals surface area (Å²) >= 11 is 6.09. The number of phenols is 1. The normalized spacial score (nSPS) is 31.9. The van der Waals surface area contributed by atoms with Crippen LogP contribution in [0.4, 0.5) is 0 Å². The average Bonchev–Trinajstić information content (AvgIpc) is 2.80. The highest BCUT2D eigenvalue weighted by molar-refractivity contribution is 6.24. The Hall–Kier alpha value is -2.92. The largest absolute Gasteiger partial charge is 0.508 e. The number of nitrogens with zero attached hydrogens (tertiary/aromatic N) is 1. The Kier molecular flexibility index (Phi) is 6.27. The molecule has 37 heavy (non-hydrogen) atoms. The third-order valence-corrected chi connectivity index (χ3v) is 8.86. The van der Waals surface area contributed by atoms with E-state index in [9.17, 15) is 39.9 Å². The Morgan fingerprint density at radius 2 is 1.78 bits per heavy atom. The van der Waals surface area contributed by atoms with Crippen LogP contribution < -0.4 is 5.73 Å². The molecule has 0 saturated heterocycles. The van der Waals surface area contributed by atoms with Crippen molar-refractivity contribution in [3.05, 3.63) is 45.7 Å². The van der Waals surface area contributed by atoms with Gasteiger partial charge in [0.25, 0.3) is 5.91 Å². The molecule has 10 nitrogen and oxygen atoms in total. The molecule has 0 radical (unpaired) electrons. The number of aromatic hydroxyl groups is 1. The number of aliphatic hydroxyl groups is 4. The van der Waals surface area contributed by atoms with E-state index in [1.807, 2.05) is 0 Å². The third-order valence-electron chi connectivity index (χ3n) is 8.19. The van der Waals surface area contributed by atoms with Crippen molar-refractivity contribution < 1.29 is 39.9 Å².